The van der Waals surface area contributed by atoms with Gasteiger partial charge in [0, 0.05) is 0 Å². The van der Waals surface area contributed by atoms with Gasteiger partial charge in [-0.1, -0.05) is 93.4 Å². The lowest BCUT2D eigenvalue weighted by atomic mass is 10.2. The van der Waals surface area contributed by atoms with Crippen LogP contribution in [0.25, 0.3) is 0 Å². The lowest BCUT2D eigenvalue weighted by Gasteiger charge is -2.38. The van der Waals surface area contributed by atoms with Crippen LogP contribution in [-0.2, 0) is 0 Å². The van der Waals surface area contributed by atoms with Crippen LogP contribution >= 0.6 is 0 Å². The quantitative estimate of drug-likeness (QED) is 0.143. The summed E-state index contributed by atoms with van der Waals surface area (Å²) < 4.78 is 0. The fourth-order valence-corrected chi connectivity index (χ4v) is 15.9. The molecule has 0 saturated carbocycles. The summed E-state index contributed by atoms with van der Waals surface area (Å²) in [7, 11) is -4.02. The molecule has 0 aliphatic heterocycles. The molecule has 0 aromatic carbocycles. The number of hydrogen-bond donors (Lipinski definition) is 2. The average molecular weight is 449 g/mol. The van der Waals surface area contributed by atoms with E-state index in [0.717, 1.165) is 0 Å². The second-order valence-electron chi connectivity index (χ2n) is 10.2. The number of hydrogen-bond acceptors (Lipinski definition) is 4. The first-order chi connectivity index (χ1) is 13.7. The zero-order valence-corrected chi connectivity index (χ0v) is 23.3. The molecule has 0 aromatic heterocycles. The zero-order valence-electron chi connectivity index (χ0n) is 21.3. The molecular weight excluding hydrogens is 404 g/mol. The predicted octanol–water partition coefficient (Wildman–Crippen LogP) is 7.09. The van der Waals surface area contributed by atoms with E-state index >= 15 is 0 Å². The van der Waals surface area contributed by atoms with Gasteiger partial charge in [-0.3, -0.25) is 0 Å². The fraction of sp³-hybridized carbons (Fsp3) is 0.750. The standard InChI is InChI=1S/C24H44N2O2Si2/c1-17(2)29(18(3)4,19(5)6)15-13-23(25-27)24(26-28)14-16-30(20(7)8,21(9)10)22(11)12/h17-22,27-28H,1-12H3/b25-23-,26-24+. The minimum Gasteiger partial charge on any atom is -0.410 e. The van der Waals surface area contributed by atoms with Crippen LogP contribution in [0.2, 0.25) is 33.2 Å². The Bertz CT molecular complexity index is 635. The summed E-state index contributed by atoms with van der Waals surface area (Å²) in [5.41, 5.74) is 9.86. The average Bonchev–Trinajstić information content (AvgIpc) is 2.61. The van der Waals surface area contributed by atoms with Crippen molar-refractivity contribution in [2.45, 2.75) is 116 Å². The lowest BCUT2D eigenvalue weighted by Crippen LogP contribution is -2.43. The summed E-state index contributed by atoms with van der Waals surface area (Å²) in [5.74, 6) is 6.13. The molecule has 0 spiro atoms. The summed E-state index contributed by atoms with van der Waals surface area (Å²) >= 11 is 0. The minimum atomic E-state index is -2.01. The molecule has 0 radical (unpaired) electrons. The van der Waals surface area contributed by atoms with Gasteiger partial charge in [0.05, 0.1) is 0 Å². The minimum absolute atomic E-state index is 0.0583. The van der Waals surface area contributed by atoms with Gasteiger partial charge < -0.3 is 10.4 Å². The molecule has 0 rings (SSSR count). The highest BCUT2D eigenvalue weighted by atomic mass is 28.3. The van der Waals surface area contributed by atoms with Crippen LogP contribution in [0.5, 0.6) is 0 Å². The van der Waals surface area contributed by atoms with Crippen molar-refractivity contribution >= 4 is 27.6 Å². The first-order valence-corrected chi connectivity index (χ1v) is 15.7. The summed E-state index contributed by atoms with van der Waals surface area (Å²) in [5, 5.41) is 26.0. The molecule has 0 atom stereocenters. The summed E-state index contributed by atoms with van der Waals surface area (Å²) in [6.45, 7) is 26.7. The van der Waals surface area contributed by atoms with Crippen molar-refractivity contribution in [1.82, 2.24) is 0 Å². The second kappa shape index (κ2) is 11.8. The smallest absolute Gasteiger partial charge is 0.189 e. The molecule has 4 nitrogen and oxygen atoms in total. The molecule has 170 valence electrons. The Balaban J connectivity index is 6.46. The Morgan fingerprint density at radius 2 is 0.700 bits per heavy atom. The van der Waals surface area contributed by atoms with Crippen LogP contribution in [0.15, 0.2) is 10.3 Å². The molecule has 0 bridgehead atoms. The van der Waals surface area contributed by atoms with Gasteiger partial charge in [-0.25, -0.2) is 0 Å². The lowest BCUT2D eigenvalue weighted by molar-refractivity contribution is 0.315. The maximum Gasteiger partial charge on any atom is 0.189 e. The maximum absolute atomic E-state index is 9.65. The molecule has 0 saturated heterocycles. The highest BCUT2D eigenvalue weighted by Gasteiger charge is 2.43. The van der Waals surface area contributed by atoms with Crippen molar-refractivity contribution in [3.05, 3.63) is 0 Å². The van der Waals surface area contributed by atoms with E-state index in [2.05, 4.69) is 116 Å². The SMILES string of the molecule is CC(C)[Si](C#CC(=N/O)/C(C#C[Si](C(C)C)(C(C)C)C(C)C)=N/O)(C(C)C)C(C)C. The summed E-state index contributed by atoms with van der Waals surface area (Å²) in [4.78, 5) is 0. The van der Waals surface area contributed by atoms with Crippen LogP contribution in [0.4, 0.5) is 0 Å². The van der Waals surface area contributed by atoms with E-state index in [-0.39, 0.29) is 11.4 Å². The van der Waals surface area contributed by atoms with Gasteiger partial charge in [0.15, 0.2) is 11.4 Å². The van der Waals surface area contributed by atoms with E-state index in [9.17, 15) is 10.4 Å². The number of oxime groups is 2. The molecule has 0 unspecified atom stereocenters. The normalized spacial score (nSPS) is 13.9. The van der Waals surface area contributed by atoms with Crippen molar-refractivity contribution in [1.29, 1.82) is 0 Å². The van der Waals surface area contributed by atoms with Crippen LogP contribution in [0, 0.1) is 22.9 Å². The third kappa shape index (κ3) is 5.80. The van der Waals surface area contributed by atoms with E-state index < -0.39 is 16.1 Å². The Hall–Kier alpha value is -1.51. The van der Waals surface area contributed by atoms with Gasteiger partial charge in [-0.2, -0.15) is 0 Å². The van der Waals surface area contributed by atoms with Gasteiger partial charge in [-0.15, -0.1) is 11.1 Å². The Morgan fingerprint density at radius 3 is 0.833 bits per heavy atom. The van der Waals surface area contributed by atoms with E-state index in [1.54, 1.807) is 0 Å². The van der Waals surface area contributed by atoms with Gasteiger partial charge in [0.2, 0.25) is 0 Å². The van der Waals surface area contributed by atoms with Gasteiger partial charge in [0.25, 0.3) is 0 Å². The largest absolute Gasteiger partial charge is 0.410 e. The van der Waals surface area contributed by atoms with Crippen LogP contribution in [-0.4, -0.2) is 38.0 Å². The van der Waals surface area contributed by atoms with Crippen LogP contribution in [0.3, 0.4) is 0 Å². The van der Waals surface area contributed by atoms with Crippen molar-refractivity contribution < 1.29 is 10.4 Å². The highest BCUT2D eigenvalue weighted by molar-refractivity contribution is 6.91. The van der Waals surface area contributed by atoms with Gasteiger partial charge in [0.1, 0.15) is 16.1 Å². The van der Waals surface area contributed by atoms with Gasteiger partial charge >= 0.3 is 0 Å². The third-order valence-corrected chi connectivity index (χ3v) is 19.5. The van der Waals surface area contributed by atoms with E-state index in [4.69, 9.17) is 0 Å². The molecule has 0 aliphatic carbocycles. The third-order valence-electron chi connectivity index (χ3n) is 6.95. The molecule has 0 heterocycles. The monoisotopic (exact) mass is 448 g/mol. The number of nitrogens with zero attached hydrogens (tertiary/aromatic N) is 2. The summed E-state index contributed by atoms with van der Waals surface area (Å²) in [6, 6.07) is 0. The predicted molar refractivity (Wildman–Crippen MR) is 136 cm³/mol. The Kier molecular flexibility index (Phi) is 11.2. The molecule has 0 aromatic rings. The second-order valence-corrected chi connectivity index (χ2v) is 21.4. The molecule has 0 amide bonds. The molecular formula is C24H44N2O2Si2. The van der Waals surface area contributed by atoms with E-state index in [1.165, 1.54) is 0 Å². The van der Waals surface area contributed by atoms with Crippen molar-refractivity contribution in [3.8, 4) is 22.9 Å². The molecule has 6 heteroatoms. The maximum atomic E-state index is 9.65. The topological polar surface area (TPSA) is 65.2 Å². The van der Waals surface area contributed by atoms with E-state index in [0.29, 0.717) is 33.2 Å². The van der Waals surface area contributed by atoms with Crippen molar-refractivity contribution in [3.63, 3.8) is 0 Å². The fourth-order valence-electron chi connectivity index (χ4n) is 5.46. The van der Waals surface area contributed by atoms with Gasteiger partial charge in [-0.05, 0) is 45.1 Å². The number of rotatable bonds is 7. The summed E-state index contributed by atoms with van der Waals surface area (Å²) in [6.07, 6.45) is 0. The molecule has 0 aliphatic rings. The first-order valence-electron chi connectivity index (χ1n) is 11.3. The zero-order chi connectivity index (χ0) is 23.9. The van der Waals surface area contributed by atoms with Crippen LogP contribution in [0.1, 0.15) is 83.1 Å². The highest BCUT2D eigenvalue weighted by Crippen LogP contribution is 2.41. The van der Waals surface area contributed by atoms with Crippen LogP contribution < -0.4 is 0 Å². The van der Waals surface area contributed by atoms with E-state index in [1.807, 2.05) is 0 Å². The molecule has 0 fully saturated rings. The van der Waals surface area contributed by atoms with Crippen molar-refractivity contribution in [2.24, 2.45) is 10.3 Å². The Morgan fingerprint density at radius 1 is 0.500 bits per heavy atom. The molecule has 2 N–H and O–H groups in total. The Labute approximate surface area is 187 Å². The first kappa shape index (κ1) is 28.5. The van der Waals surface area contributed by atoms with Crippen molar-refractivity contribution in [2.75, 3.05) is 0 Å². The molecule has 30 heavy (non-hydrogen) atoms.